The van der Waals surface area contributed by atoms with E-state index < -0.39 is 0 Å². The first-order valence-electron chi connectivity index (χ1n) is 2.99. The van der Waals surface area contributed by atoms with Gasteiger partial charge in [-0.15, -0.1) is 0 Å². The van der Waals surface area contributed by atoms with E-state index in [-0.39, 0.29) is 0 Å². The van der Waals surface area contributed by atoms with E-state index in [0.29, 0.717) is 0 Å². The van der Waals surface area contributed by atoms with E-state index in [0.717, 1.165) is 19.5 Å². The lowest BCUT2D eigenvalue weighted by molar-refractivity contribution is 0.935. The summed E-state index contributed by atoms with van der Waals surface area (Å²) in [7, 11) is 0. The van der Waals surface area contributed by atoms with Gasteiger partial charge in [-0.3, -0.25) is 0 Å². The van der Waals surface area contributed by atoms with Crippen molar-refractivity contribution in [3.63, 3.8) is 0 Å². The van der Waals surface area contributed by atoms with Gasteiger partial charge in [-0.05, 0) is 13.3 Å². The second kappa shape index (κ2) is 6.38. The van der Waals surface area contributed by atoms with Crippen LogP contribution in [0.25, 0.3) is 0 Å². The number of aliphatic imine (C=N–C) groups is 2. The quantitative estimate of drug-likeness (QED) is 0.495. The maximum absolute atomic E-state index is 3.86. The first-order chi connectivity index (χ1) is 3.91. The molecule has 0 aromatic heterocycles. The van der Waals surface area contributed by atoms with E-state index in [1.807, 2.05) is 6.92 Å². The predicted molar refractivity (Wildman–Crippen MR) is 35.6 cm³/mol. The monoisotopic (exact) mass is 112 g/mol. The Labute approximate surface area is 50.4 Å². The van der Waals surface area contributed by atoms with Crippen molar-refractivity contribution in [3.05, 3.63) is 0 Å². The molecule has 0 amide bonds. The molecule has 0 rings (SSSR count). The molecule has 0 fully saturated rings. The summed E-state index contributed by atoms with van der Waals surface area (Å²) >= 11 is 0. The highest BCUT2D eigenvalue weighted by Crippen LogP contribution is 1.72. The van der Waals surface area contributed by atoms with Crippen molar-refractivity contribution in [2.45, 2.75) is 20.3 Å². The van der Waals surface area contributed by atoms with Crippen LogP contribution in [-0.4, -0.2) is 19.1 Å². The van der Waals surface area contributed by atoms with Crippen LogP contribution in [0.5, 0.6) is 0 Å². The maximum Gasteiger partial charge on any atom is 0.0892 e. The molecule has 0 N–H and O–H groups in total. The van der Waals surface area contributed by atoms with Gasteiger partial charge < -0.3 is 0 Å². The highest BCUT2D eigenvalue weighted by molar-refractivity contribution is 5.40. The molecule has 2 nitrogen and oxygen atoms in total. The standard InChI is InChI=1S/C6H12N2/c1-3-5-8-6-7-4-2/h3-5H2,1-2H3. The average Bonchev–Trinajstić information content (AvgIpc) is 1.81. The molecule has 0 aliphatic rings. The van der Waals surface area contributed by atoms with Crippen molar-refractivity contribution in [2.75, 3.05) is 13.1 Å². The first-order valence-corrected chi connectivity index (χ1v) is 2.99. The van der Waals surface area contributed by atoms with Gasteiger partial charge in [0, 0.05) is 13.1 Å². The summed E-state index contributed by atoms with van der Waals surface area (Å²) in [6, 6.07) is 2.59. The van der Waals surface area contributed by atoms with Gasteiger partial charge in [0.1, 0.15) is 0 Å². The van der Waals surface area contributed by atoms with Crippen LogP contribution < -0.4 is 0 Å². The van der Waals surface area contributed by atoms with Gasteiger partial charge in [0.2, 0.25) is 0 Å². The van der Waals surface area contributed by atoms with Crippen LogP contribution in [0.2, 0.25) is 0 Å². The fourth-order valence-electron chi connectivity index (χ4n) is 0.283. The van der Waals surface area contributed by atoms with Crippen LogP contribution in [0, 0.1) is 0 Å². The van der Waals surface area contributed by atoms with Crippen LogP contribution in [0.4, 0.5) is 0 Å². The van der Waals surface area contributed by atoms with Crippen LogP contribution in [-0.2, 0) is 0 Å². The third-order valence-electron chi connectivity index (χ3n) is 0.635. The van der Waals surface area contributed by atoms with E-state index in [9.17, 15) is 0 Å². The molecule has 0 saturated heterocycles. The highest BCUT2D eigenvalue weighted by Gasteiger charge is 1.66. The fourth-order valence-corrected chi connectivity index (χ4v) is 0.283. The van der Waals surface area contributed by atoms with Crippen molar-refractivity contribution in [1.82, 2.24) is 0 Å². The fraction of sp³-hybridized carbons (Fsp3) is 0.833. The molecular formula is C6H12N2. The van der Waals surface area contributed by atoms with Crippen molar-refractivity contribution >= 4 is 6.01 Å². The Hall–Kier alpha value is -0.620. The Balaban J connectivity index is 3.18. The lowest BCUT2D eigenvalue weighted by Crippen LogP contribution is -1.72. The van der Waals surface area contributed by atoms with Gasteiger partial charge in [-0.2, -0.15) is 0 Å². The van der Waals surface area contributed by atoms with E-state index in [2.05, 4.69) is 22.9 Å². The number of hydrogen-bond donors (Lipinski definition) is 0. The average molecular weight is 112 g/mol. The minimum absolute atomic E-state index is 0.785. The van der Waals surface area contributed by atoms with Gasteiger partial charge in [0.05, 0.1) is 6.01 Å². The summed E-state index contributed by atoms with van der Waals surface area (Å²) in [4.78, 5) is 7.66. The summed E-state index contributed by atoms with van der Waals surface area (Å²) in [5.41, 5.74) is 0. The van der Waals surface area contributed by atoms with E-state index in [4.69, 9.17) is 0 Å². The number of nitrogens with zero attached hydrogens (tertiary/aromatic N) is 2. The lowest BCUT2D eigenvalue weighted by Gasteiger charge is -1.75. The van der Waals surface area contributed by atoms with Gasteiger partial charge in [0.15, 0.2) is 0 Å². The third kappa shape index (κ3) is 5.38. The van der Waals surface area contributed by atoms with E-state index in [1.165, 1.54) is 0 Å². The second-order valence-electron chi connectivity index (χ2n) is 1.46. The maximum atomic E-state index is 3.86. The number of hydrogen-bond acceptors (Lipinski definition) is 2. The van der Waals surface area contributed by atoms with Crippen molar-refractivity contribution in [3.8, 4) is 0 Å². The largest absolute Gasteiger partial charge is 0.226 e. The van der Waals surface area contributed by atoms with Gasteiger partial charge in [-0.25, -0.2) is 9.98 Å². The lowest BCUT2D eigenvalue weighted by atomic mass is 10.5. The molecule has 0 spiro atoms. The van der Waals surface area contributed by atoms with E-state index >= 15 is 0 Å². The molecular weight excluding hydrogens is 100 g/mol. The Morgan fingerprint density at radius 3 is 2.50 bits per heavy atom. The molecule has 0 bridgehead atoms. The highest BCUT2D eigenvalue weighted by atomic mass is 14.8. The SMILES string of the molecule is CCCN=C=NCC. The van der Waals surface area contributed by atoms with Gasteiger partial charge in [-0.1, -0.05) is 6.92 Å². The zero-order valence-corrected chi connectivity index (χ0v) is 5.52. The first kappa shape index (κ1) is 7.38. The van der Waals surface area contributed by atoms with Gasteiger partial charge >= 0.3 is 0 Å². The number of rotatable bonds is 3. The van der Waals surface area contributed by atoms with E-state index in [1.54, 1.807) is 0 Å². The molecule has 8 heavy (non-hydrogen) atoms. The topological polar surface area (TPSA) is 24.7 Å². The van der Waals surface area contributed by atoms with Crippen molar-refractivity contribution < 1.29 is 0 Å². The van der Waals surface area contributed by atoms with Crippen LogP contribution in [0.1, 0.15) is 20.3 Å². The molecule has 0 aliphatic carbocycles. The molecule has 46 valence electrons. The molecule has 0 unspecified atom stereocenters. The summed E-state index contributed by atoms with van der Waals surface area (Å²) < 4.78 is 0. The Kier molecular flexibility index (Phi) is 5.89. The summed E-state index contributed by atoms with van der Waals surface area (Å²) in [6.45, 7) is 5.68. The molecule has 0 aromatic rings. The Morgan fingerprint density at radius 2 is 2.00 bits per heavy atom. The molecule has 0 aliphatic heterocycles. The van der Waals surface area contributed by atoms with Crippen LogP contribution in [0.15, 0.2) is 9.98 Å². The zero-order chi connectivity index (χ0) is 6.24. The summed E-state index contributed by atoms with van der Waals surface area (Å²) in [5, 5.41) is 0. The minimum atomic E-state index is 0.785. The molecule has 0 heterocycles. The van der Waals surface area contributed by atoms with Crippen molar-refractivity contribution in [1.29, 1.82) is 0 Å². The molecule has 0 aromatic carbocycles. The minimum Gasteiger partial charge on any atom is -0.226 e. The van der Waals surface area contributed by atoms with Crippen molar-refractivity contribution in [2.24, 2.45) is 9.98 Å². The summed E-state index contributed by atoms with van der Waals surface area (Å²) in [5.74, 6) is 0. The smallest absolute Gasteiger partial charge is 0.0892 e. The normalized spacial score (nSPS) is 7.75. The molecule has 0 radical (unpaired) electrons. The molecule has 0 atom stereocenters. The third-order valence-corrected chi connectivity index (χ3v) is 0.635. The zero-order valence-electron chi connectivity index (χ0n) is 5.52. The van der Waals surface area contributed by atoms with Gasteiger partial charge in [0.25, 0.3) is 0 Å². The predicted octanol–water partition coefficient (Wildman–Crippen LogP) is 1.59. The van der Waals surface area contributed by atoms with Crippen LogP contribution in [0.3, 0.4) is 0 Å². The van der Waals surface area contributed by atoms with Crippen LogP contribution >= 0.6 is 0 Å². The Morgan fingerprint density at radius 1 is 1.25 bits per heavy atom. The molecule has 0 saturated carbocycles. The Bertz CT molecular complexity index is 90.7. The summed E-state index contributed by atoms with van der Waals surface area (Å²) in [6.07, 6.45) is 1.08. The molecule has 2 heteroatoms. The second-order valence-corrected chi connectivity index (χ2v) is 1.46.